The summed E-state index contributed by atoms with van der Waals surface area (Å²) in [6.45, 7) is 10.5. The highest BCUT2D eigenvalue weighted by Crippen LogP contribution is 2.41. The Morgan fingerprint density at radius 3 is 2.24 bits per heavy atom. The number of nitrogens with zero attached hydrogens (tertiary/aromatic N) is 1. The van der Waals surface area contributed by atoms with E-state index in [1.807, 2.05) is 36.4 Å². The van der Waals surface area contributed by atoms with Gasteiger partial charge >= 0.3 is 6.18 Å². The molecular formula is C30H32F3NO2Si. The number of hydrogen-bond acceptors (Lipinski definition) is 3. The number of nitriles is 1. The molecule has 0 radical (unpaired) electrons. The molecule has 2 aromatic carbocycles. The van der Waals surface area contributed by atoms with Crippen molar-refractivity contribution in [3.8, 4) is 17.2 Å². The van der Waals surface area contributed by atoms with Crippen molar-refractivity contribution in [1.29, 1.82) is 5.26 Å². The number of carbonyl (C=O) groups excluding carboxylic acids is 1. The van der Waals surface area contributed by atoms with Crippen LogP contribution in [0, 0.1) is 23.2 Å². The van der Waals surface area contributed by atoms with Crippen LogP contribution in [-0.2, 0) is 9.22 Å². The van der Waals surface area contributed by atoms with Crippen LogP contribution in [0.2, 0.25) is 18.1 Å². The summed E-state index contributed by atoms with van der Waals surface area (Å²) in [5.41, 5.74) is 1.54. The number of benzene rings is 2. The van der Waals surface area contributed by atoms with Crippen LogP contribution in [0.5, 0.6) is 0 Å². The van der Waals surface area contributed by atoms with E-state index in [-0.39, 0.29) is 17.2 Å². The van der Waals surface area contributed by atoms with Gasteiger partial charge in [-0.2, -0.15) is 18.4 Å². The van der Waals surface area contributed by atoms with Crippen molar-refractivity contribution in [2.75, 3.05) is 6.61 Å². The van der Waals surface area contributed by atoms with Gasteiger partial charge in [-0.3, -0.25) is 0 Å². The summed E-state index contributed by atoms with van der Waals surface area (Å²) in [4.78, 5) is 11.8. The lowest BCUT2D eigenvalue weighted by atomic mass is 9.82. The first-order valence-electron chi connectivity index (χ1n) is 12.2. The molecule has 2 atom stereocenters. The lowest BCUT2D eigenvalue weighted by molar-refractivity contribution is -0.111. The van der Waals surface area contributed by atoms with Gasteiger partial charge in [0.15, 0.2) is 8.32 Å². The van der Waals surface area contributed by atoms with E-state index in [1.165, 1.54) is 18.2 Å². The van der Waals surface area contributed by atoms with Gasteiger partial charge in [-0.05, 0) is 34.8 Å². The van der Waals surface area contributed by atoms with Crippen LogP contribution in [0.1, 0.15) is 31.9 Å². The second kappa shape index (κ2) is 11.0. The highest BCUT2D eigenvalue weighted by Gasteiger charge is 2.41. The van der Waals surface area contributed by atoms with E-state index in [9.17, 15) is 23.2 Å². The Balaban J connectivity index is 2.01. The van der Waals surface area contributed by atoms with Crippen molar-refractivity contribution in [3.63, 3.8) is 0 Å². The standard InChI is InChI=1S/C30H32F3NO2Si/c1-29(2,3)37(4,5)36-20-25-16-23(28(30(31,32)33)17-24(25)19-35)15-14-22-12-9-13-26(27(22)18-34)21-10-7-6-8-11-21/h6-17,19,24-25H,20H2,1-5H3/b15-14+. The Morgan fingerprint density at radius 1 is 1.00 bits per heavy atom. The number of rotatable bonds is 7. The molecule has 2 unspecified atom stereocenters. The molecule has 0 spiro atoms. The Labute approximate surface area is 218 Å². The first-order chi connectivity index (χ1) is 17.3. The van der Waals surface area contributed by atoms with E-state index in [4.69, 9.17) is 4.43 Å². The summed E-state index contributed by atoms with van der Waals surface area (Å²) in [6.07, 6.45) is 1.32. The van der Waals surface area contributed by atoms with Gasteiger partial charge < -0.3 is 9.22 Å². The maximum atomic E-state index is 14.0. The minimum absolute atomic E-state index is 0.0385. The maximum absolute atomic E-state index is 14.0. The largest absolute Gasteiger partial charge is 0.416 e. The fourth-order valence-electron chi connectivity index (χ4n) is 3.94. The summed E-state index contributed by atoms with van der Waals surface area (Å²) >= 11 is 0. The average molecular weight is 524 g/mol. The molecule has 2 aromatic rings. The summed E-state index contributed by atoms with van der Waals surface area (Å²) < 4.78 is 48.2. The summed E-state index contributed by atoms with van der Waals surface area (Å²) in [7, 11) is -2.17. The van der Waals surface area contributed by atoms with Gasteiger partial charge in [-0.1, -0.05) is 93.6 Å². The van der Waals surface area contributed by atoms with Gasteiger partial charge in [0.2, 0.25) is 0 Å². The zero-order valence-corrected chi connectivity index (χ0v) is 22.8. The first-order valence-corrected chi connectivity index (χ1v) is 15.1. The molecule has 37 heavy (non-hydrogen) atoms. The third-order valence-corrected chi connectivity index (χ3v) is 11.7. The average Bonchev–Trinajstić information content (AvgIpc) is 2.84. The van der Waals surface area contributed by atoms with Gasteiger partial charge in [0.25, 0.3) is 0 Å². The number of halogens is 3. The Bertz CT molecular complexity index is 1260. The van der Waals surface area contributed by atoms with Gasteiger partial charge in [0.1, 0.15) is 12.4 Å². The van der Waals surface area contributed by atoms with E-state index >= 15 is 0 Å². The highest BCUT2D eigenvalue weighted by atomic mass is 28.4. The topological polar surface area (TPSA) is 50.1 Å². The van der Waals surface area contributed by atoms with Crippen LogP contribution < -0.4 is 0 Å². The Hall–Kier alpha value is -3.21. The predicted octanol–water partition coefficient (Wildman–Crippen LogP) is 8.12. The third-order valence-electron chi connectivity index (χ3n) is 7.20. The monoisotopic (exact) mass is 523 g/mol. The molecule has 3 rings (SSSR count). The summed E-state index contributed by atoms with van der Waals surface area (Å²) in [5, 5.41) is 9.78. The fraction of sp³-hybridized carbons (Fsp3) is 0.333. The smallest absolute Gasteiger partial charge is 0.416 e. The fourth-order valence-corrected chi connectivity index (χ4v) is 4.98. The van der Waals surface area contributed by atoms with Crippen molar-refractivity contribution < 1.29 is 22.4 Å². The molecule has 7 heteroatoms. The predicted molar refractivity (Wildman–Crippen MR) is 144 cm³/mol. The summed E-state index contributed by atoms with van der Waals surface area (Å²) in [5.74, 6) is -1.46. The van der Waals surface area contributed by atoms with Crippen LogP contribution >= 0.6 is 0 Å². The molecule has 194 valence electrons. The van der Waals surface area contributed by atoms with E-state index in [2.05, 4.69) is 39.9 Å². The van der Waals surface area contributed by atoms with E-state index in [0.717, 1.165) is 11.6 Å². The molecule has 0 saturated heterocycles. The third kappa shape index (κ3) is 6.57. The van der Waals surface area contributed by atoms with E-state index in [1.54, 1.807) is 12.1 Å². The molecule has 0 saturated carbocycles. The SMILES string of the molecule is CC(C)(C)[Si](C)(C)OCC1C=C(/C=C/c2cccc(-c3ccccc3)c2C#N)C(C(F)(F)F)=CC1C=O. The molecular weight excluding hydrogens is 491 g/mol. The van der Waals surface area contributed by atoms with Crippen molar-refractivity contribution >= 4 is 20.7 Å². The van der Waals surface area contributed by atoms with E-state index < -0.39 is 31.9 Å². The normalized spacial score (nSPS) is 18.8. The van der Waals surface area contributed by atoms with Gasteiger partial charge in [-0.15, -0.1) is 0 Å². The molecule has 0 heterocycles. The van der Waals surface area contributed by atoms with E-state index in [0.29, 0.717) is 23.0 Å². The zero-order valence-electron chi connectivity index (χ0n) is 21.8. The number of carbonyl (C=O) groups is 1. The van der Waals surface area contributed by atoms with Crippen LogP contribution in [0.25, 0.3) is 17.2 Å². The van der Waals surface area contributed by atoms with Crippen LogP contribution in [0.4, 0.5) is 13.2 Å². The Morgan fingerprint density at radius 2 is 1.68 bits per heavy atom. The molecule has 3 nitrogen and oxygen atoms in total. The van der Waals surface area contributed by atoms with Gasteiger partial charge in [0.05, 0.1) is 11.1 Å². The molecule has 0 bridgehead atoms. The minimum Gasteiger partial charge on any atom is -0.416 e. The number of aldehydes is 1. The minimum atomic E-state index is -4.63. The lowest BCUT2D eigenvalue weighted by Crippen LogP contribution is -2.42. The quantitative estimate of drug-likeness (QED) is 0.272. The number of hydrogen-bond donors (Lipinski definition) is 0. The van der Waals surface area contributed by atoms with Crippen molar-refractivity contribution in [2.24, 2.45) is 11.8 Å². The molecule has 1 aliphatic rings. The number of alkyl halides is 3. The molecule has 0 fully saturated rings. The highest BCUT2D eigenvalue weighted by molar-refractivity contribution is 6.74. The molecule has 0 aromatic heterocycles. The first kappa shape index (κ1) is 28.4. The number of allylic oxidation sites excluding steroid dienone is 4. The second-order valence-electron chi connectivity index (χ2n) is 10.7. The molecule has 0 N–H and O–H groups in total. The lowest BCUT2D eigenvalue weighted by Gasteiger charge is -2.38. The summed E-state index contributed by atoms with van der Waals surface area (Å²) in [6, 6.07) is 16.8. The molecule has 0 amide bonds. The van der Waals surface area contributed by atoms with Crippen LogP contribution in [-0.4, -0.2) is 27.4 Å². The van der Waals surface area contributed by atoms with Crippen molar-refractivity contribution in [1.82, 2.24) is 0 Å². The Kier molecular flexibility index (Phi) is 8.46. The zero-order chi connectivity index (χ0) is 27.4. The molecule has 0 aliphatic heterocycles. The van der Waals surface area contributed by atoms with Crippen LogP contribution in [0.3, 0.4) is 0 Å². The van der Waals surface area contributed by atoms with Gasteiger partial charge in [0, 0.05) is 24.0 Å². The van der Waals surface area contributed by atoms with Crippen molar-refractivity contribution in [3.05, 3.63) is 89.0 Å². The molecule has 1 aliphatic carbocycles. The van der Waals surface area contributed by atoms with Gasteiger partial charge in [-0.25, -0.2) is 0 Å². The maximum Gasteiger partial charge on any atom is 0.416 e. The van der Waals surface area contributed by atoms with Crippen LogP contribution in [0.15, 0.2) is 77.9 Å². The second-order valence-corrected chi connectivity index (χ2v) is 15.5. The van der Waals surface area contributed by atoms with Crippen molar-refractivity contribution in [2.45, 2.75) is 45.1 Å².